The molecule has 1 aliphatic rings. The minimum absolute atomic E-state index is 0.0379. The van der Waals surface area contributed by atoms with Gasteiger partial charge in [0.05, 0.1) is 11.3 Å². The molecule has 0 N–H and O–H groups in total. The van der Waals surface area contributed by atoms with Crippen LogP contribution in [0.1, 0.15) is 37.3 Å². The molecule has 0 spiro atoms. The predicted molar refractivity (Wildman–Crippen MR) is 113 cm³/mol. The normalized spacial score (nSPS) is 16.6. The summed E-state index contributed by atoms with van der Waals surface area (Å²) in [5.74, 6) is 0.362. The van der Waals surface area contributed by atoms with Crippen molar-refractivity contribution in [3.8, 4) is 0 Å². The molecule has 6 nitrogen and oxygen atoms in total. The number of sulfonamides is 1. The van der Waals surface area contributed by atoms with E-state index in [4.69, 9.17) is 11.6 Å². The van der Waals surface area contributed by atoms with Crippen molar-refractivity contribution < 1.29 is 13.2 Å². The van der Waals surface area contributed by atoms with Gasteiger partial charge in [0.2, 0.25) is 15.9 Å². The lowest BCUT2D eigenvalue weighted by Crippen LogP contribution is -2.50. The van der Waals surface area contributed by atoms with Gasteiger partial charge in [-0.3, -0.25) is 4.79 Å². The summed E-state index contributed by atoms with van der Waals surface area (Å²) in [6.45, 7) is 5.58. The molecule has 1 aromatic carbocycles. The molecule has 29 heavy (non-hydrogen) atoms. The van der Waals surface area contributed by atoms with Crippen molar-refractivity contribution in [2.24, 2.45) is 0 Å². The van der Waals surface area contributed by atoms with E-state index in [2.05, 4.69) is 18.8 Å². The first-order chi connectivity index (χ1) is 13.8. The van der Waals surface area contributed by atoms with Crippen molar-refractivity contribution in [1.29, 1.82) is 0 Å². The first-order valence-electron chi connectivity index (χ1n) is 9.79. The van der Waals surface area contributed by atoms with E-state index in [1.165, 1.54) is 4.31 Å². The number of benzene rings is 1. The van der Waals surface area contributed by atoms with Crippen LogP contribution in [0.15, 0.2) is 47.5 Å². The van der Waals surface area contributed by atoms with Gasteiger partial charge in [0.15, 0.2) is 0 Å². The van der Waals surface area contributed by atoms with Crippen LogP contribution in [0.5, 0.6) is 0 Å². The maximum Gasteiger partial charge on any atom is 0.243 e. The molecule has 1 aromatic heterocycles. The number of piperazine rings is 1. The highest BCUT2D eigenvalue weighted by molar-refractivity contribution is 7.89. The van der Waals surface area contributed by atoms with Crippen LogP contribution < -0.4 is 0 Å². The van der Waals surface area contributed by atoms with Crippen LogP contribution in [0.4, 0.5) is 0 Å². The van der Waals surface area contributed by atoms with E-state index in [-0.39, 0.29) is 12.3 Å². The highest BCUT2D eigenvalue weighted by Crippen LogP contribution is 2.23. The summed E-state index contributed by atoms with van der Waals surface area (Å²) in [7, 11) is -3.55. The second kappa shape index (κ2) is 9.24. The molecule has 1 fully saturated rings. The van der Waals surface area contributed by atoms with Crippen molar-refractivity contribution in [3.63, 3.8) is 0 Å². The summed E-state index contributed by atoms with van der Waals surface area (Å²) in [6.07, 6.45) is 2.83. The Bertz CT molecular complexity index is 938. The van der Waals surface area contributed by atoms with E-state index in [0.29, 0.717) is 42.1 Å². The lowest BCUT2D eigenvalue weighted by atomic mass is 9.99. The van der Waals surface area contributed by atoms with Gasteiger partial charge in [-0.15, -0.1) is 0 Å². The van der Waals surface area contributed by atoms with Crippen LogP contribution in [-0.4, -0.2) is 54.7 Å². The zero-order chi connectivity index (χ0) is 21.0. The molecular formula is C21H26ClN3O3S. The highest BCUT2D eigenvalue weighted by atomic mass is 35.5. The number of rotatable bonds is 6. The van der Waals surface area contributed by atoms with E-state index >= 15 is 0 Å². The Balaban J connectivity index is 1.60. The first kappa shape index (κ1) is 21.7. The lowest BCUT2D eigenvalue weighted by Gasteiger charge is -2.34. The molecule has 1 atom stereocenters. The smallest absolute Gasteiger partial charge is 0.243 e. The van der Waals surface area contributed by atoms with Gasteiger partial charge in [0.1, 0.15) is 5.15 Å². The number of amides is 1. The molecule has 2 aromatic rings. The Morgan fingerprint density at radius 1 is 1.10 bits per heavy atom. The number of hydrogen-bond donors (Lipinski definition) is 0. The standard InChI is InChI=1S/C21H26ClN3O3S/c1-3-16(2)18-5-7-19(8-6-18)29(27,28)25-12-10-24(11-13-25)21(26)14-17-4-9-20(22)23-15-17/h4-9,15-16H,3,10-14H2,1-2H3. The quantitative estimate of drug-likeness (QED) is 0.652. The van der Waals surface area contributed by atoms with Gasteiger partial charge in [-0.1, -0.05) is 43.6 Å². The molecule has 0 bridgehead atoms. The third-order valence-corrected chi connectivity index (χ3v) is 7.57. The van der Waals surface area contributed by atoms with Crippen LogP contribution in [0.3, 0.4) is 0 Å². The molecule has 0 aliphatic carbocycles. The Kier molecular flexibility index (Phi) is 6.93. The Morgan fingerprint density at radius 3 is 2.31 bits per heavy atom. The maximum absolute atomic E-state index is 12.9. The summed E-state index contributed by atoms with van der Waals surface area (Å²) < 4.78 is 27.3. The fraction of sp³-hybridized carbons (Fsp3) is 0.429. The number of halogens is 1. The third kappa shape index (κ3) is 5.15. The summed E-state index contributed by atoms with van der Waals surface area (Å²) in [6, 6.07) is 10.6. The fourth-order valence-corrected chi connectivity index (χ4v) is 4.86. The van der Waals surface area contributed by atoms with Crippen LogP contribution >= 0.6 is 11.6 Å². The van der Waals surface area contributed by atoms with Crippen LogP contribution in [0.25, 0.3) is 0 Å². The van der Waals surface area contributed by atoms with E-state index in [1.54, 1.807) is 35.4 Å². The molecule has 3 rings (SSSR count). The largest absolute Gasteiger partial charge is 0.340 e. The molecular weight excluding hydrogens is 410 g/mol. The van der Waals surface area contributed by atoms with Gasteiger partial charge in [0.25, 0.3) is 0 Å². The third-order valence-electron chi connectivity index (χ3n) is 5.43. The van der Waals surface area contributed by atoms with E-state index < -0.39 is 10.0 Å². The molecule has 1 aliphatic heterocycles. The van der Waals surface area contributed by atoms with Gasteiger partial charge in [-0.05, 0) is 41.7 Å². The SMILES string of the molecule is CCC(C)c1ccc(S(=O)(=O)N2CCN(C(=O)Cc3ccc(Cl)nc3)CC2)cc1. The molecule has 1 saturated heterocycles. The van der Waals surface area contributed by atoms with E-state index in [9.17, 15) is 13.2 Å². The average Bonchev–Trinajstić information content (AvgIpc) is 2.75. The Labute approximate surface area is 177 Å². The maximum atomic E-state index is 12.9. The van der Waals surface area contributed by atoms with Crippen molar-refractivity contribution in [3.05, 3.63) is 58.9 Å². The molecule has 8 heteroatoms. The molecule has 0 radical (unpaired) electrons. The van der Waals surface area contributed by atoms with Gasteiger partial charge in [-0.25, -0.2) is 13.4 Å². The van der Waals surface area contributed by atoms with Gasteiger partial charge < -0.3 is 4.90 Å². The van der Waals surface area contributed by atoms with E-state index in [1.807, 2.05) is 12.1 Å². The van der Waals surface area contributed by atoms with Crippen molar-refractivity contribution in [1.82, 2.24) is 14.2 Å². The number of aromatic nitrogens is 1. The molecule has 2 heterocycles. The monoisotopic (exact) mass is 435 g/mol. The van der Waals surface area contributed by atoms with Crippen LogP contribution in [0, 0.1) is 0 Å². The molecule has 0 saturated carbocycles. The van der Waals surface area contributed by atoms with Gasteiger partial charge in [-0.2, -0.15) is 4.31 Å². The fourth-order valence-electron chi connectivity index (χ4n) is 3.33. The predicted octanol–water partition coefficient (Wildman–Crippen LogP) is 3.32. The summed E-state index contributed by atoms with van der Waals surface area (Å²) in [5.41, 5.74) is 1.93. The Hall–Kier alpha value is -1.96. The number of hydrogen-bond acceptors (Lipinski definition) is 4. The number of carbonyl (C=O) groups excluding carboxylic acids is 1. The second-order valence-corrected chi connectivity index (χ2v) is 9.65. The minimum atomic E-state index is -3.55. The van der Waals surface area contributed by atoms with Gasteiger partial charge >= 0.3 is 0 Å². The second-order valence-electron chi connectivity index (χ2n) is 7.33. The van der Waals surface area contributed by atoms with Crippen molar-refractivity contribution >= 4 is 27.5 Å². The number of carbonyl (C=O) groups is 1. The number of pyridine rings is 1. The zero-order valence-electron chi connectivity index (χ0n) is 16.7. The molecule has 1 amide bonds. The van der Waals surface area contributed by atoms with Gasteiger partial charge in [0, 0.05) is 32.4 Å². The number of nitrogens with zero attached hydrogens (tertiary/aromatic N) is 3. The van der Waals surface area contributed by atoms with Crippen molar-refractivity contribution in [2.75, 3.05) is 26.2 Å². The topological polar surface area (TPSA) is 70.6 Å². The summed E-state index contributed by atoms with van der Waals surface area (Å²) in [4.78, 5) is 18.5. The summed E-state index contributed by atoms with van der Waals surface area (Å²) >= 11 is 5.77. The Morgan fingerprint density at radius 2 is 1.76 bits per heavy atom. The summed E-state index contributed by atoms with van der Waals surface area (Å²) in [5, 5.41) is 0.386. The van der Waals surface area contributed by atoms with Crippen molar-refractivity contribution in [2.45, 2.75) is 37.5 Å². The van der Waals surface area contributed by atoms with E-state index in [0.717, 1.165) is 17.5 Å². The van der Waals surface area contributed by atoms with Crippen LogP contribution in [0.2, 0.25) is 5.15 Å². The lowest BCUT2D eigenvalue weighted by molar-refractivity contribution is -0.131. The highest BCUT2D eigenvalue weighted by Gasteiger charge is 2.30. The minimum Gasteiger partial charge on any atom is -0.340 e. The zero-order valence-corrected chi connectivity index (χ0v) is 18.3. The molecule has 156 valence electrons. The first-order valence-corrected chi connectivity index (χ1v) is 11.6. The average molecular weight is 436 g/mol. The van der Waals surface area contributed by atoms with Crippen LogP contribution in [-0.2, 0) is 21.2 Å². The molecule has 1 unspecified atom stereocenters.